The van der Waals surface area contributed by atoms with Crippen LogP contribution in [0.3, 0.4) is 0 Å². The highest BCUT2D eigenvalue weighted by molar-refractivity contribution is 6.29. The molecule has 0 radical (unpaired) electrons. The maximum atomic E-state index is 12.5. The molecule has 0 saturated heterocycles. The number of aromatic nitrogens is 1. The molecule has 2 amide bonds. The normalized spacial score (nSPS) is 11.3. The van der Waals surface area contributed by atoms with Crippen LogP contribution in [0.25, 0.3) is 0 Å². The van der Waals surface area contributed by atoms with Crippen LogP contribution >= 0.6 is 11.6 Å². The van der Waals surface area contributed by atoms with Crippen LogP contribution in [0.5, 0.6) is 0 Å². The number of pyridine rings is 1. The second-order valence-corrected chi connectivity index (χ2v) is 5.96. The summed E-state index contributed by atoms with van der Waals surface area (Å²) >= 11 is 5.43. The first-order chi connectivity index (χ1) is 13.3. The van der Waals surface area contributed by atoms with Crippen molar-refractivity contribution in [1.82, 2.24) is 10.3 Å². The molecule has 1 atom stereocenters. The van der Waals surface area contributed by atoms with E-state index < -0.39 is 29.8 Å². The average molecular weight is 414 g/mol. The Kier molecular flexibility index (Phi) is 9.94. The summed E-state index contributed by atoms with van der Waals surface area (Å²) in [7, 11) is 0. The number of nitrogens with one attached hydrogen (secondary N) is 2. The lowest BCUT2D eigenvalue weighted by Gasteiger charge is -2.17. The van der Waals surface area contributed by atoms with Crippen molar-refractivity contribution in [3.8, 4) is 0 Å². The molecule has 0 bridgehead atoms. The minimum absolute atomic E-state index is 0.0340. The van der Waals surface area contributed by atoms with Crippen LogP contribution in [-0.2, 0) is 23.9 Å². The monoisotopic (exact) mass is 413 g/mol. The predicted molar refractivity (Wildman–Crippen MR) is 102 cm³/mol. The minimum atomic E-state index is -1.02. The lowest BCUT2D eigenvalue weighted by atomic mass is 10.1. The number of amides is 2. The Hall–Kier alpha value is -2.68. The molecule has 0 aliphatic rings. The van der Waals surface area contributed by atoms with E-state index in [0.29, 0.717) is 11.3 Å². The number of esters is 2. The molecule has 2 N–H and O–H groups in total. The summed E-state index contributed by atoms with van der Waals surface area (Å²) in [6, 6.07) is 0.540. The average Bonchev–Trinajstić information content (AvgIpc) is 2.65. The van der Waals surface area contributed by atoms with E-state index in [1.54, 1.807) is 26.8 Å². The molecule has 28 heavy (non-hydrogen) atoms. The van der Waals surface area contributed by atoms with Crippen molar-refractivity contribution in [2.45, 2.75) is 39.7 Å². The Morgan fingerprint density at radius 1 is 1.18 bits per heavy atom. The van der Waals surface area contributed by atoms with Gasteiger partial charge in [0.1, 0.15) is 17.6 Å². The first-order valence-electron chi connectivity index (χ1n) is 8.77. The number of ether oxygens (including phenoxy) is 2. The number of halogens is 1. The molecule has 0 saturated carbocycles. The van der Waals surface area contributed by atoms with Crippen molar-refractivity contribution in [2.75, 3.05) is 24.4 Å². The molecule has 0 fully saturated rings. The number of aryl methyl sites for hydroxylation is 1. The number of hydrogen-bond acceptors (Lipinski definition) is 7. The maximum absolute atomic E-state index is 12.5. The number of carbonyl (C=O) groups is 4. The summed E-state index contributed by atoms with van der Waals surface area (Å²) in [4.78, 5) is 51.6. The molecule has 154 valence electrons. The standard InChI is InChI=1S/C18H24ClN3O6/c1-4-27-15(24)7-6-13(18(26)28-5-2)22-17(25)16-11(3)8-12(10-20-16)21-14(23)9-19/h8,10,13H,4-7,9H2,1-3H3,(H,21,23)(H,22,25)/t13-/m0/s1. The Morgan fingerprint density at radius 3 is 2.43 bits per heavy atom. The summed E-state index contributed by atoms with van der Waals surface area (Å²) in [5.74, 6) is -2.33. The van der Waals surface area contributed by atoms with E-state index in [2.05, 4.69) is 15.6 Å². The number of carbonyl (C=O) groups excluding carboxylic acids is 4. The van der Waals surface area contributed by atoms with Crippen molar-refractivity contribution in [1.29, 1.82) is 0 Å². The van der Waals surface area contributed by atoms with E-state index in [1.807, 2.05) is 0 Å². The van der Waals surface area contributed by atoms with Gasteiger partial charge in [0.05, 0.1) is 25.1 Å². The van der Waals surface area contributed by atoms with E-state index in [1.165, 1.54) is 6.20 Å². The van der Waals surface area contributed by atoms with Crippen LogP contribution < -0.4 is 10.6 Å². The van der Waals surface area contributed by atoms with Gasteiger partial charge in [-0.3, -0.25) is 14.4 Å². The zero-order valence-electron chi connectivity index (χ0n) is 16.0. The van der Waals surface area contributed by atoms with Gasteiger partial charge in [0.2, 0.25) is 5.91 Å². The number of hydrogen-bond donors (Lipinski definition) is 2. The molecule has 10 heteroatoms. The molecular formula is C18H24ClN3O6. The van der Waals surface area contributed by atoms with Gasteiger partial charge in [0, 0.05) is 6.42 Å². The van der Waals surface area contributed by atoms with Crippen molar-refractivity contribution < 1.29 is 28.7 Å². The molecule has 1 heterocycles. The third-order valence-corrected chi connectivity index (χ3v) is 3.76. The molecule has 1 aromatic rings. The van der Waals surface area contributed by atoms with E-state index in [9.17, 15) is 19.2 Å². The fourth-order valence-electron chi connectivity index (χ4n) is 2.29. The Balaban J connectivity index is 2.86. The summed E-state index contributed by atoms with van der Waals surface area (Å²) in [5.41, 5.74) is 0.955. The third-order valence-electron chi connectivity index (χ3n) is 3.52. The first-order valence-corrected chi connectivity index (χ1v) is 9.31. The fourth-order valence-corrected chi connectivity index (χ4v) is 2.36. The third kappa shape index (κ3) is 7.51. The minimum Gasteiger partial charge on any atom is -0.466 e. The fraction of sp³-hybridized carbons (Fsp3) is 0.500. The molecule has 0 aliphatic heterocycles. The van der Waals surface area contributed by atoms with Gasteiger partial charge in [-0.2, -0.15) is 0 Å². The number of alkyl halides is 1. The molecule has 0 unspecified atom stereocenters. The largest absolute Gasteiger partial charge is 0.466 e. The summed E-state index contributed by atoms with van der Waals surface area (Å²) in [6.07, 6.45) is 1.30. The van der Waals surface area contributed by atoms with Crippen LogP contribution in [0.4, 0.5) is 5.69 Å². The molecule has 9 nitrogen and oxygen atoms in total. The number of anilines is 1. The second kappa shape index (κ2) is 11.9. The second-order valence-electron chi connectivity index (χ2n) is 5.69. The van der Waals surface area contributed by atoms with E-state index >= 15 is 0 Å². The van der Waals surface area contributed by atoms with Crippen molar-refractivity contribution in [3.63, 3.8) is 0 Å². The maximum Gasteiger partial charge on any atom is 0.328 e. The highest BCUT2D eigenvalue weighted by atomic mass is 35.5. The van der Waals surface area contributed by atoms with E-state index in [-0.39, 0.29) is 37.6 Å². The van der Waals surface area contributed by atoms with Crippen LogP contribution in [0.1, 0.15) is 42.7 Å². The van der Waals surface area contributed by atoms with Crippen LogP contribution in [0.2, 0.25) is 0 Å². The van der Waals surface area contributed by atoms with Gasteiger partial charge in [-0.15, -0.1) is 11.6 Å². The smallest absolute Gasteiger partial charge is 0.328 e. The van der Waals surface area contributed by atoms with Crippen molar-refractivity contribution in [2.24, 2.45) is 0 Å². The Labute approximate surface area is 168 Å². The summed E-state index contributed by atoms with van der Waals surface area (Å²) < 4.78 is 9.79. The van der Waals surface area contributed by atoms with E-state index in [4.69, 9.17) is 21.1 Å². The number of nitrogens with zero attached hydrogens (tertiary/aromatic N) is 1. The lowest BCUT2D eigenvalue weighted by Crippen LogP contribution is -2.42. The van der Waals surface area contributed by atoms with Gasteiger partial charge >= 0.3 is 11.9 Å². The molecule has 1 rings (SSSR count). The Bertz CT molecular complexity index is 725. The Morgan fingerprint density at radius 2 is 1.86 bits per heavy atom. The van der Waals surface area contributed by atoms with Gasteiger partial charge in [-0.1, -0.05) is 0 Å². The summed E-state index contributed by atoms with van der Waals surface area (Å²) in [5, 5.41) is 5.06. The molecule has 1 aromatic heterocycles. The quantitative estimate of drug-likeness (QED) is 0.440. The molecular weight excluding hydrogens is 390 g/mol. The molecule has 0 aliphatic carbocycles. The van der Waals surface area contributed by atoms with Gasteiger partial charge in [0.25, 0.3) is 5.91 Å². The predicted octanol–water partition coefficient (Wildman–Crippen LogP) is 1.57. The van der Waals surface area contributed by atoms with Gasteiger partial charge in [0.15, 0.2) is 0 Å². The van der Waals surface area contributed by atoms with E-state index in [0.717, 1.165) is 0 Å². The lowest BCUT2D eigenvalue weighted by molar-refractivity contribution is -0.146. The van der Waals surface area contributed by atoms with Crippen LogP contribution in [0.15, 0.2) is 12.3 Å². The first kappa shape index (κ1) is 23.4. The van der Waals surface area contributed by atoms with Crippen molar-refractivity contribution >= 4 is 41.0 Å². The number of rotatable bonds is 10. The van der Waals surface area contributed by atoms with Crippen LogP contribution in [-0.4, -0.2) is 53.9 Å². The molecule has 0 spiro atoms. The topological polar surface area (TPSA) is 124 Å². The van der Waals surface area contributed by atoms with Crippen LogP contribution in [0, 0.1) is 6.92 Å². The zero-order valence-corrected chi connectivity index (χ0v) is 16.8. The van der Waals surface area contributed by atoms with Gasteiger partial charge in [-0.25, -0.2) is 9.78 Å². The SMILES string of the molecule is CCOC(=O)CC[C@H](NC(=O)c1ncc(NC(=O)CCl)cc1C)C(=O)OCC. The van der Waals surface area contributed by atoms with Gasteiger partial charge < -0.3 is 20.1 Å². The molecule has 0 aromatic carbocycles. The zero-order chi connectivity index (χ0) is 21.1. The summed E-state index contributed by atoms with van der Waals surface area (Å²) in [6.45, 7) is 5.32. The highest BCUT2D eigenvalue weighted by Crippen LogP contribution is 2.13. The highest BCUT2D eigenvalue weighted by Gasteiger charge is 2.25. The van der Waals surface area contributed by atoms with Crippen molar-refractivity contribution in [3.05, 3.63) is 23.5 Å². The van der Waals surface area contributed by atoms with Gasteiger partial charge in [-0.05, 0) is 38.8 Å².